The summed E-state index contributed by atoms with van der Waals surface area (Å²) in [6, 6.07) is 5.37. The minimum Gasteiger partial charge on any atom is -0.399 e. The number of rotatable bonds is 2. The zero-order chi connectivity index (χ0) is 15.2. The zero-order valence-electron chi connectivity index (χ0n) is 12.0. The lowest BCUT2D eigenvalue weighted by Gasteiger charge is -2.30. The van der Waals surface area contributed by atoms with Crippen LogP contribution in [0.5, 0.6) is 0 Å². The first-order valence-corrected chi connectivity index (χ1v) is 8.28. The molecule has 0 unspecified atom stereocenters. The number of aromatic amines is 1. The lowest BCUT2D eigenvalue weighted by atomic mass is 10.0. The fourth-order valence-corrected chi connectivity index (χ4v) is 4.74. The Morgan fingerprint density at radius 1 is 1.33 bits per heavy atom. The van der Waals surface area contributed by atoms with Crippen molar-refractivity contribution in [3.8, 4) is 0 Å². The van der Waals surface area contributed by atoms with Crippen LogP contribution in [0.3, 0.4) is 0 Å². The third kappa shape index (κ3) is 2.17. The normalized spacial score (nSPS) is 15.0. The number of nitrogens with one attached hydrogen (secondary N) is 1. The highest BCUT2D eigenvalue weighted by molar-refractivity contribution is 7.93. The number of anilines is 2. The molecule has 3 N–H and O–H groups in total. The molecule has 0 spiro atoms. The number of hydrogen-bond acceptors (Lipinski definition) is 4. The van der Waals surface area contributed by atoms with Gasteiger partial charge in [0, 0.05) is 12.2 Å². The third-order valence-corrected chi connectivity index (χ3v) is 5.87. The Labute approximate surface area is 124 Å². The summed E-state index contributed by atoms with van der Waals surface area (Å²) < 4.78 is 27.4. The molecule has 7 heteroatoms. The first kappa shape index (κ1) is 13.9. The van der Waals surface area contributed by atoms with Gasteiger partial charge in [-0.25, -0.2) is 8.42 Å². The average Bonchev–Trinajstić information content (AvgIpc) is 2.77. The monoisotopic (exact) mass is 306 g/mol. The Morgan fingerprint density at radius 3 is 2.76 bits per heavy atom. The second-order valence-corrected chi connectivity index (χ2v) is 7.13. The maximum absolute atomic E-state index is 13.0. The molecular weight excluding hydrogens is 288 g/mol. The second-order valence-electron chi connectivity index (χ2n) is 5.33. The van der Waals surface area contributed by atoms with Gasteiger partial charge in [-0.05, 0) is 50.5 Å². The second kappa shape index (κ2) is 4.77. The Bertz CT molecular complexity index is 776. The molecule has 3 rings (SSSR count). The SMILES string of the molecule is Cc1n[nH]c(C)c1S(=O)(=O)N1CCCc2cc(N)ccc21. The minimum atomic E-state index is -3.61. The first-order chi connectivity index (χ1) is 9.91. The van der Waals surface area contributed by atoms with Crippen LogP contribution >= 0.6 is 0 Å². The summed E-state index contributed by atoms with van der Waals surface area (Å²) in [5.41, 5.74) is 9.21. The number of hydrogen-bond donors (Lipinski definition) is 2. The molecule has 1 aliphatic rings. The van der Waals surface area contributed by atoms with Crippen LogP contribution in [0.25, 0.3) is 0 Å². The minimum absolute atomic E-state index is 0.271. The lowest BCUT2D eigenvalue weighted by Crippen LogP contribution is -2.36. The van der Waals surface area contributed by atoms with E-state index in [1.54, 1.807) is 26.0 Å². The molecule has 112 valence electrons. The van der Waals surface area contributed by atoms with Crippen molar-refractivity contribution in [2.75, 3.05) is 16.6 Å². The van der Waals surface area contributed by atoms with Gasteiger partial charge in [0.2, 0.25) is 0 Å². The average molecular weight is 306 g/mol. The molecule has 0 amide bonds. The largest absolute Gasteiger partial charge is 0.399 e. The Hall–Kier alpha value is -2.02. The van der Waals surface area contributed by atoms with E-state index >= 15 is 0 Å². The van der Waals surface area contributed by atoms with E-state index in [1.165, 1.54) is 4.31 Å². The molecule has 0 aliphatic carbocycles. The van der Waals surface area contributed by atoms with E-state index in [1.807, 2.05) is 6.07 Å². The quantitative estimate of drug-likeness (QED) is 0.827. The summed E-state index contributed by atoms with van der Waals surface area (Å²) in [4.78, 5) is 0.271. The number of H-pyrrole nitrogens is 1. The third-order valence-electron chi connectivity index (χ3n) is 3.79. The van der Waals surface area contributed by atoms with Crippen LogP contribution in [0, 0.1) is 13.8 Å². The van der Waals surface area contributed by atoms with Crippen LogP contribution in [-0.4, -0.2) is 25.2 Å². The van der Waals surface area contributed by atoms with Gasteiger partial charge in [0.25, 0.3) is 10.0 Å². The fourth-order valence-electron chi connectivity index (χ4n) is 2.86. The first-order valence-electron chi connectivity index (χ1n) is 6.84. The molecule has 1 aromatic carbocycles. The van der Waals surface area contributed by atoms with Crippen molar-refractivity contribution in [1.29, 1.82) is 0 Å². The molecule has 0 radical (unpaired) electrons. The summed E-state index contributed by atoms with van der Waals surface area (Å²) in [7, 11) is -3.61. The molecule has 0 fully saturated rings. The van der Waals surface area contributed by atoms with E-state index in [0.29, 0.717) is 23.6 Å². The van der Waals surface area contributed by atoms with Crippen molar-refractivity contribution < 1.29 is 8.42 Å². The molecule has 6 nitrogen and oxygen atoms in total. The van der Waals surface area contributed by atoms with Crippen LogP contribution in [0.1, 0.15) is 23.4 Å². The van der Waals surface area contributed by atoms with Crippen molar-refractivity contribution in [1.82, 2.24) is 10.2 Å². The van der Waals surface area contributed by atoms with Crippen LogP contribution in [0.4, 0.5) is 11.4 Å². The molecule has 21 heavy (non-hydrogen) atoms. The van der Waals surface area contributed by atoms with Crippen LogP contribution < -0.4 is 10.0 Å². The molecule has 0 saturated carbocycles. The predicted molar refractivity (Wildman–Crippen MR) is 81.8 cm³/mol. The van der Waals surface area contributed by atoms with Gasteiger partial charge in [0.05, 0.1) is 17.1 Å². The predicted octanol–water partition coefficient (Wildman–Crippen LogP) is 1.75. The number of aryl methyl sites for hydroxylation is 3. The van der Waals surface area contributed by atoms with Gasteiger partial charge in [-0.3, -0.25) is 9.40 Å². The van der Waals surface area contributed by atoms with Crippen LogP contribution in [-0.2, 0) is 16.4 Å². The summed E-state index contributed by atoms with van der Waals surface area (Å²) in [6.07, 6.45) is 1.63. The molecule has 0 bridgehead atoms. The summed E-state index contributed by atoms with van der Waals surface area (Å²) in [5, 5.41) is 6.74. The highest BCUT2D eigenvalue weighted by Gasteiger charge is 2.32. The van der Waals surface area contributed by atoms with Gasteiger partial charge >= 0.3 is 0 Å². The van der Waals surface area contributed by atoms with E-state index in [0.717, 1.165) is 24.1 Å². The number of fused-ring (bicyclic) bond motifs is 1. The van der Waals surface area contributed by atoms with E-state index in [4.69, 9.17) is 5.73 Å². The van der Waals surface area contributed by atoms with Crippen molar-refractivity contribution in [3.63, 3.8) is 0 Å². The van der Waals surface area contributed by atoms with Crippen molar-refractivity contribution in [2.45, 2.75) is 31.6 Å². The number of benzene rings is 1. The standard InChI is InChI=1S/C14H18N4O2S/c1-9-14(10(2)17-16-9)21(19,20)18-7-3-4-11-8-12(15)5-6-13(11)18/h5-6,8H,3-4,7,15H2,1-2H3,(H,16,17). The molecule has 2 heterocycles. The van der Waals surface area contributed by atoms with Gasteiger partial charge in [0.15, 0.2) is 0 Å². The number of aromatic nitrogens is 2. The Morgan fingerprint density at radius 2 is 2.10 bits per heavy atom. The van der Waals surface area contributed by atoms with Crippen molar-refractivity contribution in [2.24, 2.45) is 0 Å². The number of sulfonamides is 1. The number of nitrogens with two attached hydrogens (primary N) is 1. The Balaban J connectivity index is 2.14. The zero-order valence-corrected chi connectivity index (χ0v) is 12.9. The summed E-state index contributed by atoms with van der Waals surface area (Å²) in [5.74, 6) is 0. The van der Waals surface area contributed by atoms with E-state index < -0.39 is 10.0 Å². The summed E-state index contributed by atoms with van der Waals surface area (Å²) >= 11 is 0. The van der Waals surface area contributed by atoms with Crippen LogP contribution in [0.15, 0.2) is 23.1 Å². The van der Waals surface area contributed by atoms with Crippen molar-refractivity contribution in [3.05, 3.63) is 35.2 Å². The van der Waals surface area contributed by atoms with E-state index in [9.17, 15) is 8.42 Å². The number of nitrogen functional groups attached to an aromatic ring is 1. The van der Waals surface area contributed by atoms with E-state index in [2.05, 4.69) is 10.2 Å². The van der Waals surface area contributed by atoms with Gasteiger partial charge in [-0.15, -0.1) is 0 Å². The molecule has 2 aromatic rings. The van der Waals surface area contributed by atoms with Crippen molar-refractivity contribution >= 4 is 21.4 Å². The highest BCUT2D eigenvalue weighted by Crippen LogP contribution is 2.34. The van der Waals surface area contributed by atoms with Gasteiger partial charge in [-0.1, -0.05) is 0 Å². The molecule has 1 aromatic heterocycles. The molecule has 0 atom stereocenters. The summed E-state index contributed by atoms with van der Waals surface area (Å²) in [6.45, 7) is 3.90. The van der Waals surface area contributed by atoms with Gasteiger partial charge < -0.3 is 5.73 Å². The molecule has 1 aliphatic heterocycles. The highest BCUT2D eigenvalue weighted by atomic mass is 32.2. The number of nitrogens with zero attached hydrogens (tertiary/aromatic N) is 2. The maximum Gasteiger partial charge on any atom is 0.267 e. The van der Waals surface area contributed by atoms with Crippen LogP contribution in [0.2, 0.25) is 0 Å². The fraction of sp³-hybridized carbons (Fsp3) is 0.357. The smallest absolute Gasteiger partial charge is 0.267 e. The topological polar surface area (TPSA) is 92.1 Å². The molecule has 0 saturated heterocycles. The van der Waals surface area contributed by atoms with Gasteiger partial charge in [-0.2, -0.15) is 5.10 Å². The maximum atomic E-state index is 13.0. The lowest BCUT2D eigenvalue weighted by molar-refractivity contribution is 0.585. The van der Waals surface area contributed by atoms with E-state index in [-0.39, 0.29) is 4.90 Å². The van der Waals surface area contributed by atoms with Gasteiger partial charge in [0.1, 0.15) is 4.90 Å². The molecular formula is C14H18N4O2S. The Kier molecular flexibility index (Phi) is 3.16.